The first-order valence-electron chi connectivity index (χ1n) is 6.94. The van der Waals surface area contributed by atoms with Crippen LogP contribution in [0.15, 0.2) is 54.6 Å². The minimum Gasteiger partial charge on any atom is -0.479 e. The predicted molar refractivity (Wildman–Crippen MR) is 75.3 cm³/mol. The van der Waals surface area contributed by atoms with Gasteiger partial charge in [0.25, 0.3) is 0 Å². The predicted octanol–water partition coefficient (Wildman–Crippen LogP) is 2.13. The fraction of sp³-hybridized carbons (Fsp3) is 0.235. The normalized spacial score (nSPS) is 27.9. The van der Waals surface area contributed by atoms with E-state index in [2.05, 4.69) is 0 Å². The Morgan fingerprint density at radius 2 is 1.71 bits per heavy atom. The molecule has 4 atom stereocenters. The Morgan fingerprint density at radius 1 is 1.00 bits per heavy atom. The monoisotopic (exact) mass is 282 g/mol. The van der Waals surface area contributed by atoms with Gasteiger partial charge in [0, 0.05) is 0 Å². The SMILES string of the molecule is O=C1c2ccccc2OC1C(O)C1OC1c1ccccc1. The number of ether oxygens (including phenoxy) is 2. The molecule has 106 valence electrons. The number of ketones is 1. The number of hydrogen-bond acceptors (Lipinski definition) is 4. The molecule has 0 bridgehead atoms. The van der Waals surface area contributed by atoms with Crippen LogP contribution in [0.3, 0.4) is 0 Å². The molecule has 21 heavy (non-hydrogen) atoms. The lowest BCUT2D eigenvalue weighted by Crippen LogP contribution is -2.38. The summed E-state index contributed by atoms with van der Waals surface area (Å²) in [6, 6.07) is 16.7. The van der Waals surface area contributed by atoms with Gasteiger partial charge in [-0.05, 0) is 17.7 Å². The van der Waals surface area contributed by atoms with Gasteiger partial charge in [0.1, 0.15) is 24.1 Å². The van der Waals surface area contributed by atoms with Gasteiger partial charge in [0.15, 0.2) is 6.10 Å². The summed E-state index contributed by atoms with van der Waals surface area (Å²) in [6.07, 6.45) is -2.40. The lowest BCUT2D eigenvalue weighted by molar-refractivity contribution is 0.0281. The summed E-state index contributed by atoms with van der Waals surface area (Å²) >= 11 is 0. The van der Waals surface area contributed by atoms with E-state index in [0.717, 1.165) is 5.56 Å². The zero-order valence-electron chi connectivity index (χ0n) is 11.2. The van der Waals surface area contributed by atoms with Crippen molar-refractivity contribution in [3.63, 3.8) is 0 Å². The van der Waals surface area contributed by atoms with Crippen molar-refractivity contribution in [2.45, 2.75) is 24.4 Å². The number of hydrogen-bond donors (Lipinski definition) is 1. The average molecular weight is 282 g/mol. The number of carbonyl (C=O) groups excluding carboxylic acids is 1. The van der Waals surface area contributed by atoms with Crippen molar-refractivity contribution in [1.82, 2.24) is 0 Å². The number of aliphatic hydroxyl groups excluding tert-OH is 1. The van der Waals surface area contributed by atoms with Crippen molar-refractivity contribution in [2.75, 3.05) is 0 Å². The Kier molecular flexibility index (Phi) is 2.80. The Balaban J connectivity index is 1.51. The molecule has 4 heteroatoms. The van der Waals surface area contributed by atoms with Crippen LogP contribution < -0.4 is 4.74 Å². The van der Waals surface area contributed by atoms with Crippen LogP contribution in [0, 0.1) is 0 Å². The zero-order chi connectivity index (χ0) is 14.4. The maximum Gasteiger partial charge on any atom is 0.209 e. The summed E-state index contributed by atoms with van der Waals surface area (Å²) in [5.74, 6) is 0.351. The number of benzene rings is 2. The third-order valence-corrected chi connectivity index (χ3v) is 3.97. The highest BCUT2D eigenvalue weighted by Crippen LogP contribution is 2.43. The van der Waals surface area contributed by atoms with E-state index in [-0.39, 0.29) is 11.9 Å². The maximum atomic E-state index is 12.3. The Hall–Kier alpha value is -2.17. The van der Waals surface area contributed by atoms with Crippen molar-refractivity contribution in [3.05, 3.63) is 65.7 Å². The van der Waals surface area contributed by atoms with Gasteiger partial charge in [0.05, 0.1) is 5.56 Å². The van der Waals surface area contributed by atoms with Crippen LogP contribution in [0.25, 0.3) is 0 Å². The lowest BCUT2D eigenvalue weighted by atomic mass is 9.99. The number of epoxide rings is 1. The van der Waals surface area contributed by atoms with Gasteiger partial charge < -0.3 is 14.6 Å². The van der Waals surface area contributed by atoms with Crippen LogP contribution in [0.2, 0.25) is 0 Å². The molecule has 0 aromatic heterocycles. The molecule has 0 spiro atoms. The van der Waals surface area contributed by atoms with Crippen molar-refractivity contribution in [2.24, 2.45) is 0 Å². The molecular formula is C17H14O4. The van der Waals surface area contributed by atoms with Crippen LogP contribution in [0.4, 0.5) is 0 Å². The Morgan fingerprint density at radius 3 is 2.48 bits per heavy atom. The van der Waals surface area contributed by atoms with Gasteiger partial charge in [0.2, 0.25) is 5.78 Å². The smallest absolute Gasteiger partial charge is 0.209 e. The van der Waals surface area contributed by atoms with Crippen LogP contribution in [-0.4, -0.2) is 29.2 Å². The molecular weight excluding hydrogens is 268 g/mol. The molecule has 2 aromatic rings. The highest BCUT2D eigenvalue weighted by Gasteiger charge is 2.52. The number of fused-ring (bicyclic) bond motifs is 1. The summed E-state index contributed by atoms with van der Waals surface area (Å²) in [6.45, 7) is 0. The van der Waals surface area contributed by atoms with Gasteiger partial charge in [-0.2, -0.15) is 0 Å². The van der Waals surface area contributed by atoms with Crippen LogP contribution in [-0.2, 0) is 4.74 Å². The molecule has 0 amide bonds. The van der Waals surface area contributed by atoms with E-state index in [4.69, 9.17) is 9.47 Å². The second-order valence-corrected chi connectivity index (χ2v) is 5.32. The van der Waals surface area contributed by atoms with E-state index >= 15 is 0 Å². The summed E-state index contributed by atoms with van der Waals surface area (Å²) in [5, 5.41) is 10.4. The van der Waals surface area contributed by atoms with E-state index in [1.807, 2.05) is 30.3 Å². The van der Waals surface area contributed by atoms with E-state index in [1.165, 1.54) is 0 Å². The topological polar surface area (TPSA) is 59.1 Å². The quantitative estimate of drug-likeness (QED) is 0.876. The standard InChI is InChI=1S/C17H14O4/c18-13-11-8-4-5-9-12(11)20-16(13)14(19)17-15(21-17)10-6-2-1-3-7-10/h1-9,14-17,19H. The van der Waals surface area contributed by atoms with Crippen LogP contribution >= 0.6 is 0 Å². The van der Waals surface area contributed by atoms with Crippen molar-refractivity contribution in [1.29, 1.82) is 0 Å². The second kappa shape index (κ2) is 4.69. The molecule has 2 aromatic carbocycles. The highest BCUT2D eigenvalue weighted by molar-refractivity contribution is 6.04. The fourth-order valence-electron chi connectivity index (χ4n) is 2.81. The molecule has 1 fully saturated rings. The third-order valence-electron chi connectivity index (χ3n) is 3.97. The third kappa shape index (κ3) is 2.04. The largest absolute Gasteiger partial charge is 0.479 e. The number of Topliss-reactive ketones (excluding diaryl/α,β-unsaturated/α-hetero) is 1. The summed E-state index contributed by atoms with van der Waals surface area (Å²) in [4.78, 5) is 12.3. The van der Waals surface area contributed by atoms with Gasteiger partial charge in [-0.15, -0.1) is 0 Å². The maximum absolute atomic E-state index is 12.3. The van der Waals surface area contributed by atoms with Crippen molar-refractivity contribution < 1.29 is 19.4 Å². The molecule has 2 heterocycles. The summed E-state index contributed by atoms with van der Waals surface area (Å²) in [7, 11) is 0. The van der Waals surface area contributed by atoms with E-state index < -0.39 is 18.3 Å². The fourth-order valence-corrected chi connectivity index (χ4v) is 2.81. The lowest BCUT2D eigenvalue weighted by Gasteiger charge is -2.14. The first kappa shape index (κ1) is 12.6. The minimum absolute atomic E-state index is 0.165. The van der Waals surface area contributed by atoms with E-state index in [1.54, 1.807) is 24.3 Å². The van der Waals surface area contributed by atoms with Crippen LogP contribution in [0.5, 0.6) is 5.75 Å². The first-order chi connectivity index (χ1) is 10.3. The minimum atomic E-state index is -0.963. The van der Waals surface area contributed by atoms with Gasteiger partial charge in [-0.25, -0.2) is 0 Å². The number of rotatable bonds is 3. The Labute approximate surface area is 121 Å². The van der Waals surface area contributed by atoms with E-state index in [9.17, 15) is 9.90 Å². The van der Waals surface area contributed by atoms with Gasteiger partial charge in [-0.3, -0.25) is 4.79 Å². The Bertz CT molecular complexity index is 682. The van der Waals surface area contributed by atoms with Crippen LogP contribution in [0.1, 0.15) is 22.0 Å². The molecule has 2 aliphatic rings. The average Bonchev–Trinajstić information content (AvgIpc) is 3.27. The van der Waals surface area contributed by atoms with Gasteiger partial charge in [-0.1, -0.05) is 42.5 Å². The molecule has 4 rings (SSSR count). The number of aliphatic hydroxyl groups is 1. The highest BCUT2D eigenvalue weighted by atomic mass is 16.6. The first-order valence-corrected chi connectivity index (χ1v) is 6.94. The van der Waals surface area contributed by atoms with Crippen molar-refractivity contribution >= 4 is 5.78 Å². The summed E-state index contributed by atoms with van der Waals surface area (Å²) < 4.78 is 11.1. The number of carbonyl (C=O) groups is 1. The molecule has 1 saturated heterocycles. The van der Waals surface area contributed by atoms with Crippen molar-refractivity contribution in [3.8, 4) is 5.75 Å². The molecule has 1 N–H and O–H groups in total. The van der Waals surface area contributed by atoms with E-state index in [0.29, 0.717) is 11.3 Å². The molecule has 4 unspecified atom stereocenters. The zero-order valence-corrected chi connectivity index (χ0v) is 11.2. The second-order valence-electron chi connectivity index (χ2n) is 5.32. The molecule has 4 nitrogen and oxygen atoms in total. The van der Waals surface area contributed by atoms with Gasteiger partial charge >= 0.3 is 0 Å². The molecule has 2 aliphatic heterocycles. The molecule has 0 aliphatic carbocycles. The molecule has 0 radical (unpaired) electrons. The summed E-state index contributed by atoms with van der Waals surface area (Å²) in [5.41, 5.74) is 1.53. The molecule has 0 saturated carbocycles. The number of para-hydroxylation sites is 1.